The van der Waals surface area contributed by atoms with Crippen molar-refractivity contribution in [1.29, 1.82) is 0 Å². The van der Waals surface area contributed by atoms with Crippen LogP contribution in [0.25, 0.3) is 0 Å². The van der Waals surface area contributed by atoms with Gasteiger partial charge in [0.1, 0.15) is 0 Å². The van der Waals surface area contributed by atoms with Crippen LogP contribution in [0.1, 0.15) is 12.8 Å². The molecule has 1 atom stereocenters. The van der Waals surface area contributed by atoms with Crippen LogP contribution in [-0.2, 0) is 9.47 Å². The lowest BCUT2D eigenvalue weighted by molar-refractivity contribution is 0.0887. The van der Waals surface area contributed by atoms with Crippen LogP contribution >= 0.6 is 11.3 Å². The Morgan fingerprint density at radius 3 is 2.96 bits per heavy atom. The van der Waals surface area contributed by atoms with E-state index in [-0.39, 0.29) is 0 Å². The molecule has 2 saturated heterocycles. The van der Waals surface area contributed by atoms with Crippen LogP contribution in [0.4, 0.5) is 5.00 Å². The zero-order valence-electron chi connectivity index (χ0n) is 15.2. The van der Waals surface area contributed by atoms with E-state index in [2.05, 4.69) is 37.6 Å². The van der Waals surface area contributed by atoms with Crippen molar-refractivity contribution in [2.45, 2.75) is 12.8 Å². The maximum Gasteiger partial charge on any atom is 0.193 e. The Kier molecular flexibility index (Phi) is 7.38. The van der Waals surface area contributed by atoms with E-state index in [0.29, 0.717) is 5.92 Å². The number of aliphatic imine (C=N–C) groups is 1. The number of hydrogen-bond acceptors (Lipinski definition) is 5. The second kappa shape index (κ2) is 9.99. The highest BCUT2D eigenvalue weighted by Crippen LogP contribution is 2.22. The summed E-state index contributed by atoms with van der Waals surface area (Å²) >= 11 is 1.82. The summed E-state index contributed by atoms with van der Waals surface area (Å²) < 4.78 is 11.1. The number of guanidine groups is 1. The van der Waals surface area contributed by atoms with Gasteiger partial charge in [-0.1, -0.05) is 0 Å². The Morgan fingerprint density at radius 1 is 1.40 bits per heavy atom. The number of thiophene rings is 1. The lowest BCUT2D eigenvalue weighted by atomic mass is 10.1. The Labute approximate surface area is 154 Å². The summed E-state index contributed by atoms with van der Waals surface area (Å²) in [7, 11) is 1.87. The van der Waals surface area contributed by atoms with Crippen molar-refractivity contribution < 1.29 is 9.47 Å². The SMILES string of the molecule is CN=C(NCCCOCC1CCOC1)N1CCN(c2cccs2)CC1. The summed E-state index contributed by atoms with van der Waals surface area (Å²) in [4.78, 5) is 9.24. The summed E-state index contributed by atoms with van der Waals surface area (Å²) in [6, 6.07) is 4.32. The summed E-state index contributed by atoms with van der Waals surface area (Å²) in [6.07, 6.45) is 2.14. The van der Waals surface area contributed by atoms with Gasteiger partial charge in [0.25, 0.3) is 0 Å². The van der Waals surface area contributed by atoms with Crippen molar-refractivity contribution in [2.24, 2.45) is 10.9 Å². The molecule has 7 heteroatoms. The highest BCUT2D eigenvalue weighted by atomic mass is 32.1. The first-order valence-corrected chi connectivity index (χ1v) is 10.1. The monoisotopic (exact) mass is 366 g/mol. The van der Waals surface area contributed by atoms with Crippen molar-refractivity contribution in [2.75, 3.05) is 71.1 Å². The number of rotatable bonds is 7. The van der Waals surface area contributed by atoms with Gasteiger partial charge in [-0.25, -0.2) is 0 Å². The molecular formula is C18H30N4O2S. The number of hydrogen-bond donors (Lipinski definition) is 1. The van der Waals surface area contributed by atoms with Crippen molar-refractivity contribution in [3.63, 3.8) is 0 Å². The predicted octanol–water partition coefficient (Wildman–Crippen LogP) is 1.89. The molecule has 0 radical (unpaired) electrons. The Balaban J connectivity index is 1.29. The van der Waals surface area contributed by atoms with Crippen LogP contribution in [0, 0.1) is 5.92 Å². The second-order valence-electron chi connectivity index (χ2n) is 6.56. The molecule has 140 valence electrons. The quantitative estimate of drug-likeness (QED) is 0.454. The van der Waals surface area contributed by atoms with E-state index in [9.17, 15) is 0 Å². The predicted molar refractivity (Wildman–Crippen MR) is 104 cm³/mol. The maximum atomic E-state index is 5.75. The van der Waals surface area contributed by atoms with E-state index in [1.807, 2.05) is 18.4 Å². The van der Waals surface area contributed by atoms with Gasteiger partial charge in [0.05, 0.1) is 18.2 Å². The minimum absolute atomic E-state index is 0.598. The third-order valence-electron chi connectivity index (χ3n) is 4.73. The second-order valence-corrected chi connectivity index (χ2v) is 7.48. The van der Waals surface area contributed by atoms with Crippen LogP contribution in [0.3, 0.4) is 0 Å². The van der Waals surface area contributed by atoms with E-state index in [1.54, 1.807) is 0 Å². The molecule has 6 nitrogen and oxygen atoms in total. The molecule has 0 saturated carbocycles. The number of nitrogens with zero attached hydrogens (tertiary/aromatic N) is 3. The van der Waals surface area contributed by atoms with Crippen molar-refractivity contribution in [3.8, 4) is 0 Å². The fourth-order valence-corrected chi connectivity index (χ4v) is 4.05. The van der Waals surface area contributed by atoms with Crippen LogP contribution in [0.5, 0.6) is 0 Å². The number of anilines is 1. The minimum atomic E-state index is 0.598. The van der Waals surface area contributed by atoms with E-state index >= 15 is 0 Å². The molecule has 1 aromatic heterocycles. The smallest absolute Gasteiger partial charge is 0.193 e. The van der Waals surface area contributed by atoms with Crippen LogP contribution in [-0.4, -0.2) is 77.1 Å². The first-order chi connectivity index (χ1) is 12.4. The summed E-state index contributed by atoms with van der Waals surface area (Å²) in [6.45, 7) is 8.41. The fraction of sp³-hybridized carbons (Fsp3) is 0.722. The van der Waals surface area contributed by atoms with Crippen LogP contribution < -0.4 is 10.2 Å². The van der Waals surface area contributed by atoms with Gasteiger partial charge < -0.3 is 24.6 Å². The molecule has 0 spiro atoms. The first-order valence-electron chi connectivity index (χ1n) is 9.26. The van der Waals surface area contributed by atoms with Crippen molar-refractivity contribution in [3.05, 3.63) is 17.5 Å². The highest BCUT2D eigenvalue weighted by molar-refractivity contribution is 7.14. The standard InChI is InChI=1S/C18H30N4O2S/c1-19-18(20-6-3-11-23-14-16-5-12-24-15-16)22-9-7-21(8-10-22)17-4-2-13-25-17/h2,4,13,16H,3,5-12,14-15H2,1H3,(H,19,20). The third-order valence-corrected chi connectivity index (χ3v) is 5.66. The molecule has 2 fully saturated rings. The van der Waals surface area contributed by atoms with Gasteiger partial charge in [0.15, 0.2) is 5.96 Å². The van der Waals surface area contributed by atoms with Gasteiger partial charge in [-0.15, -0.1) is 11.3 Å². The summed E-state index contributed by atoms with van der Waals surface area (Å²) in [5.41, 5.74) is 0. The summed E-state index contributed by atoms with van der Waals surface area (Å²) in [5, 5.41) is 6.98. The molecular weight excluding hydrogens is 336 g/mol. The van der Waals surface area contributed by atoms with E-state index in [0.717, 1.165) is 78.0 Å². The third kappa shape index (κ3) is 5.59. The van der Waals surface area contributed by atoms with Gasteiger partial charge in [-0.2, -0.15) is 0 Å². The molecule has 0 aliphatic carbocycles. The number of nitrogens with one attached hydrogen (secondary N) is 1. The average Bonchev–Trinajstić information content (AvgIpc) is 3.35. The van der Waals surface area contributed by atoms with Gasteiger partial charge in [0.2, 0.25) is 0 Å². The molecule has 3 heterocycles. The summed E-state index contributed by atoms with van der Waals surface area (Å²) in [5.74, 6) is 1.61. The zero-order valence-corrected chi connectivity index (χ0v) is 16.0. The fourth-order valence-electron chi connectivity index (χ4n) is 3.26. The molecule has 3 rings (SSSR count). The lowest BCUT2D eigenvalue weighted by Crippen LogP contribution is -2.52. The molecule has 0 bridgehead atoms. The molecule has 2 aliphatic heterocycles. The van der Waals surface area contributed by atoms with Gasteiger partial charge in [-0.05, 0) is 30.4 Å². The largest absolute Gasteiger partial charge is 0.381 e. The van der Waals surface area contributed by atoms with Crippen LogP contribution in [0.15, 0.2) is 22.5 Å². The first kappa shape index (κ1) is 18.5. The minimum Gasteiger partial charge on any atom is -0.381 e. The zero-order chi connectivity index (χ0) is 17.3. The van der Waals surface area contributed by atoms with E-state index in [1.165, 1.54) is 5.00 Å². The topological polar surface area (TPSA) is 49.3 Å². The normalized spacial score (nSPS) is 21.8. The van der Waals surface area contributed by atoms with Gasteiger partial charge in [-0.3, -0.25) is 4.99 Å². The van der Waals surface area contributed by atoms with Crippen molar-refractivity contribution in [1.82, 2.24) is 10.2 Å². The Morgan fingerprint density at radius 2 is 2.28 bits per heavy atom. The maximum absolute atomic E-state index is 5.75. The molecule has 0 aromatic carbocycles. The molecule has 1 aromatic rings. The number of ether oxygens (including phenoxy) is 2. The Hall–Kier alpha value is -1.31. The lowest BCUT2D eigenvalue weighted by Gasteiger charge is -2.37. The molecule has 2 aliphatic rings. The highest BCUT2D eigenvalue weighted by Gasteiger charge is 2.20. The molecule has 25 heavy (non-hydrogen) atoms. The molecule has 1 N–H and O–H groups in total. The van der Waals surface area contributed by atoms with E-state index < -0.39 is 0 Å². The molecule has 0 amide bonds. The molecule has 1 unspecified atom stereocenters. The van der Waals surface area contributed by atoms with E-state index in [4.69, 9.17) is 9.47 Å². The Bertz CT molecular complexity index is 509. The van der Waals surface area contributed by atoms with Gasteiger partial charge in [0, 0.05) is 58.9 Å². The van der Waals surface area contributed by atoms with Gasteiger partial charge >= 0.3 is 0 Å². The average molecular weight is 367 g/mol. The number of piperazine rings is 1. The van der Waals surface area contributed by atoms with Crippen molar-refractivity contribution >= 4 is 22.3 Å². The van der Waals surface area contributed by atoms with Crippen LogP contribution in [0.2, 0.25) is 0 Å².